The first-order valence-corrected chi connectivity index (χ1v) is 8.53. The van der Waals surface area contributed by atoms with Crippen molar-refractivity contribution in [1.29, 1.82) is 0 Å². The van der Waals surface area contributed by atoms with Crippen molar-refractivity contribution in [3.05, 3.63) is 89.1 Å². The third-order valence-electron chi connectivity index (χ3n) is 4.33. The SMILES string of the molecule is CC(Cc1cc(C(=O)N(C)Cc2ccc(F)cc2)on1)c1ccccc1. The van der Waals surface area contributed by atoms with E-state index in [0.717, 1.165) is 11.3 Å². The molecule has 3 aromatic rings. The smallest absolute Gasteiger partial charge is 0.292 e. The van der Waals surface area contributed by atoms with E-state index in [1.165, 1.54) is 22.6 Å². The van der Waals surface area contributed by atoms with Crippen LogP contribution in [-0.4, -0.2) is 23.0 Å². The third kappa shape index (κ3) is 4.36. The van der Waals surface area contributed by atoms with E-state index in [4.69, 9.17) is 4.52 Å². The summed E-state index contributed by atoms with van der Waals surface area (Å²) in [5, 5.41) is 4.03. The standard InChI is InChI=1S/C21H21FN2O2/c1-15(17-6-4-3-5-7-17)12-19-13-20(26-23-19)21(25)24(2)14-16-8-10-18(22)11-9-16/h3-11,13,15H,12,14H2,1-2H3. The molecule has 4 nitrogen and oxygen atoms in total. The summed E-state index contributed by atoms with van der Waals surface area (Å²) >= 11 is 0. The van der Waals surface area contributed by atoms with E-state index in [-0.39, 0.29) is 23.4 Å². The van der Waals surface area contributed by atoms with E-state index in [1.807, 2.05) is 18.2 Å². The van der Waals surface area contributed by atoms with Crippen LogP contribution < -0.4 is 0 Å². The fourth-order valence-electron chi connectivity index (χ4n) is 2.85. The first-order chi connectivity index (χ1) is 12.5. The molecule has 5 heteroatoms. The monoisotopic (exact) mass is 352 g/mol. The topological polar surface area (TPSA) is 46.3 Å². The van der Waals surface area contributed by atoms with E-state index in [1.54, 1.807) is 25.2 Å². The molecule has 0 N–H and O–H groups in total. The second kappa shape index (κ2) is 7.95. The molecular weight excluding hydrogens is 331 g/mol. The van der Waals surface area contributed by atoms with Gasteiger partial charge in [-0.25, -0.2) is 4.39 Å². The average molecular weight is 352 g/mol. The molecule has 2 aromatic carbocycles. The maximum atomic E-state index is 13.0. The maximum Gasteiger partial charge on any atom is 0.292 e. The summed E-state index contributed by atoms with van der Waals surface area (Å²) in [5.41, 5.74) is 2.82. The van der Waals surface area contributed by atoms with E-state index < -0.39 is 0 Å². The van der Waals surface area contributed by atoms with E-state index >= 15 is 0 Å². The summed E-state index contributed by atoms with van der Waals surface area (Å²) in [5.74, 6) is -0.0540. The highest BCUT2D eigenvalue weighted by atomic mass is 19.1. The minimum atomic E-state index is -0.296. The van der Waals surface area contributed by atoms with Crippen LogP contribution in [0.25, 0.3) is 0 Å². The molecule has 26 heavy (non-hydrogen) atoms. The lowest BCUT2D eigenvalue weighted by molar-refractivity contribution is 0.0743. The van der Waals surface area contributed by atoms with Gasteiger partial charge in [-0.3, -0.25) is 4.79 Å². The van der Waals surface area contributed by atoms with Gasteiger partial charge in [0.05, 0.1) is 5.69 Å². The Morgan fingerprint density at radius 1 is 1.15 bits per heavy atom. The van der Waals surface area contributed by atoms with Crippen LogP contribution in [0.15, 0.2) is 65.2 Å². The van der Waals surface area contributed by atoms with Crippen LogP contribution >= 0.6 is 0 Å². The molecule has 134 valence electrons. The lowest BCUT2D eigenvalue weighted by Crippen LogP contribution is -2.25. The van der Waals surface area contributed by atoms with E-state index in [2.05, 4.69) is 24.2 Å². The minimum Gasteiger partial charge on any atom is -0.351 e. The number of aromatic nitrogens is 1. The molecule has 1 amide bonds. The number of halogens is 1. The summed E-state index contributed by atoms with van der Waals surface area (Å²) in [4.78, 5) is 14.0. The zero-order chi connectivity index (χ0) is 18.5. The van der Waals surface area contributed by atoms with Crippen LogP contribution in [0.3, 0.4) is 0 Å². The molecule has 0 saturated carbocycles. The largest absolute Gasteiger partial charge is 0.351 e. The molecule has 0 spiro atoms. The van der Waals surface area contributed by atoms with Gasteiger partial charge in [0.2, 0.25) is 5.76 Å². The Morgan fingerprint density at radius 2 is 1.85 bits per heavy atom. The molecule has 0 aliphatic rings. The molecule has 1 heterocycles. The van der Waals surface area contributed by atoms with Crippen molar-refractivity contribution in [2.24, 2.45) is 0 Å². The van der Waals surface area contributed by atoms with E-state index in [9.17, 15) is 9.18 Å². The van der Waals surface area contributed by atoms with Gasteiger partial charge in [-0.15, -0.1) is 0 Å². The van der Waals surface area contributed by atoms with Gasteiger partial charge in [0, 0.05) is 19.7 Å². The molecule has 0 bridgehead atoms. The highest BCUT2D eigenvalue weighted by molar-refractivity contribution is 5.91. The quantitative estimate of drug-likeness (QED) is 0.659. The van der Waals surface area contributed by atoms with Crippen molar-refractivity contribution in [3.63, 3.8) is 0 Å². The van der Waals surface area contributed by atoms with Gasteiger partial charge in [0.15, 0.2) is 0 Å². The first-order valence-electron chi connectivity index (χ1n) is 8.53. The summed E-state index contributed by atoms with van der Waals surface area (Å²) in [6.07, 6.45) is 0.697. The Kier molecular flexibility index (Phi) is 5.46. The molecular formula is C21H21FN2O2. The second-order valence-corrected chi connectivity index (χ2v) is 6.49. The van der Waals surface area contributed by atoms with Gasteiger partial charge >= 0.3 is 0 Å². The van der Waals surface area contributed by atoms with Crippen LogP contribution in [0.5, 0.6) is 0 Å². The number of carbonyl (C=O) groups is 1. The Hall–Kier alpha value is -2.95. The van der Waals surface area contributed by atoms with Crippen molar-refractivity contribution < 1.29 is 13.7 Å². The summed E-state index contributed by atoms with van der Waals surface area (Å²) in [6.45, 7) is 2.49. The predicted octanol–water partition coefficient (Wildman–Crippen LogP) is 4.43. The molecule has 0 aliphatic carbocycles. The van der Waals surface area contributed by atoms with Gasteiger partial charge in [-0.2, -0.15) is 0 Å². The molecule has 0 radical (unpaired) electrons. The van der Waals surface area contributed by atoms with Gasteiger partial charge in [0.1, 0.15) is 5.82 Å². The number of amides is 1. The Bertz CT molecular complexity index is 859. The lowest BCUT2D eigenvalue weighted by atomic mass is 9.96. The fraction of sp³-hybridized carbons (Fsp3) is 0.238. The fourth-order valence-corrected chi connectivity index (χ4v) is 2.85. The Labute approximate surface area is 152 Å². The molecule has 1 unspecified atom stereocenters. The summed E-state index contributed by atoms with van der Waals surface area (Å²) in [7, 11) is 1.68. The van der Waals surface area contributed by atoms with Crippen molar-refractivity contribution in [2.75, 3.05) is 7.05 Å². The average Bonchev–Trinajstić information content (AvgIpc) is 3.12. The highest BCUT2D eigenvalue weighted by Gasteiger charge is 2.19. The Balaban J connectivity index is 1.63. The lowest BCUT2D eigenvalue weighted by Gasteiger charge is -2.15. The van der Waals surface area contributed by atoms with Gasteiger partial charge in [-0.1, -0.05) is 54.5 Å². The summed E-state index contributed by atoms with van der Waals surface area (Å²) < 4.78 is 18.2. The number of rotatable bonds is 6. The normalized spacial score (nSPS) is 12.0. The van der Waals surface area contributed by atoms with Crippen molar-refractivity contribution in [3.8, 4) is 0 Å². The molecule has 1 aromatic heterocycles. The van der Waals surface area contributed by atoms with Crippen LogP contribution in [-0.2, 0) is 13.0 Å². The number of hydrogen-bond acceptors (Lipinski definition) is 3. The minimum absolute atomic E-state index is 0.213. The molecule has 0 saturated heterocycles. The molecule has 0 aliphatic heterocycles. The van der Waals surface area contributed by atoms with Crippen LogP contribution in [0.1, 0.15) is 40.2 Å². The number of benzene rings is 2. The molecule has 1 atom stereocenters. The zero-order valence-corrected chi connectivity index (χ0v) is 14.9. The Morgan fingerprint density at radius 3 is 2.54 bits per heavy atom. The molecule has 3 rings (SSSR count). The van der Waals surface area contributed by atoms with Crippen LogP contribution in [0.2, 0.25) is 0 Å². The van der Waals surface area contributed by atoms with Crippen molar-refractivity contribution >= 4 is 5.91 Å². The van der Waals surface area contributed by atoms with Gasteiger partial charge in [0.25, 0.3) is 5.91 Å². The maximum absolute atomic E-state index is 13.0. The molecule has 0 fully saturated rings. The van der Waals surface area contributed by atoms with Gasteiger partial charge in [-0.05, 0) is 35.6 Å². The number of carbonyl (C=O) groups excluding carboxylic acids is 1. The van der Waals surface area contributed by atoms with Gasteiger partial charge < -0.3 is 9.42 Å². The predicted molar refractivity (Wildman–Crippen MR) is 97.3 cm³/mol. The van der Waals surface area contributed by atoms with Crippen LogP contribution in [0.4, 0.5) is 4.39 Å². The van der Waals surface area contributed by atoms with E-state index in [0.29, 0.717) is 13.0 Å². The highest BCUT2D eigenvalue weighted by Crippen LogP contribution is 2.20. The first kappa shape index (κ1) is 17.9. The second-order valence-electron chi connectivity index (χ2n) is 6.49. The zero-order valence-electron chi connectivity index (χ0n) is 14.9. The van der Waals surface area contributed by atoms with Crippen molar-refractivity contribution in [1.82, 2.24) is 10.1 Å². The van der Waals surface area contributed by atoms with Crippen LogP contribution in [0, 0.1) is 5.82 Å². The third-order valence-corrected chi connectivity index (χ3v) is 4.33. The summed E-state index contributed by atoms with van der Waals surface area (Å²) in [6, 6.07) is 17.9. The van der Waals surface area contributed by atoms with Crippen molar-refractivity contribution in [2.45, 2.75) is 25.8 Å². The number of nitrogens with zero attached hydrogens (tertiary/aromatic N) is 2. The number of hydrogen-bond donors (Lipinski definition) is 0.